The number of hydrogen-bond acceptors (Lipinski definition) is 8. The standard InChI is InChI=1S/C26H29N3O6S2/c1-3-35-26(31)22-17-23(19-7-5-4-6-8-19)36-25(22)27-24(30)18-28-13-15-29(16-14-28)37(32,33)21-11-9-20(34-2)10-12-21/h4-12,17H,3,13-16,18H2,1-2H3,(H,27,30). The van der Waals surface area contributed by atoms with E-state index in [0.29, 0.717) is 29.4 Å². The molecule has 1 aliphatic heterocycles. The van der Waals surface area contributed by atoms with E-state index in [1.165, 1.54) is 34.9 Å². The Bertz CT molecular complexity index is 1330. The average molecular weight is 544 g/mol. The molecule has 0 radical (unpaired) electrons. The third-order valence-electron chi connectivity index (χ3n) is 5.93. The van der Waals surface area contributed by atoms with E-state index in [1.54, 1.807) is 25.1 Å². The number of esters is 1. The van der Waals surface area contributed by atoms with E-state index in [0.717, 1.165) is 10.4 Å². The van der Waals surface area contributed by atoms with Crippen molar-refractivity contribution in [3.05, 3.63) is 66.2 Å². The highest BCUT2D eigenvalue weighted by Gasteiger charge is 2.29. The summed E-state index contributed by atoms with van der Waals surface area (Å²) >= 11 is 1.31. The quantitative estimate of drug-likeness (QED) is 0.412. The van der Waals surface area contributed by atoms with Gasteiger partial charge >= 0.3 is 5.97 Å². The average Bonchev–Trinajstić information content (AvgIpc) is 3.33. The molecular weight excluding hydrogens is 514 g/mol. The van der Waals surface area contributed by atoms with Crippen LogP contribution in [0.1, 0.15) is 17.3 Å². The summed E-state index contributed by atoms with van der Waals surface area (Å²) in [4.78, 5) is 28.3. The molecule has 1 fully saturated rings. The zero-order chi connectivity index (χ0) is 26.4. The lowest BCUT2D eigenvalue weighted by Gasteiger charge is -2.33. The van der Waals surface area contributed by atoms with Gasteiger partial charge in [-0.05, 0) is 42.8 Å². The first-order valence-electron chi connectivity index (χ1n) is 11.8. The lowest BCUT2D eigenvalue weighted by atomic mass is 10.1. The van der Waals surface area contributed by atoms with Gasteiger partial charge in [-0.25, -0.2) is 13.2 Å². The molecule has 1 aromatic heterocycles. The first-order valence-corrected chi connectivity index (χ1v) is 14.1. The van der Waals surface area contributed by atoms with Crippen molar-refractivity contribution in [2.45, 2.75) is 11.8 Å². The molecule has 0 spiro atoms. The predicted molar refractivity (Wildman–Crippen MR) is 143 cm³/mol. The number of carbonyl (C=O) groups excluding carboxylic acids is 2. The number of amides is 1. The van der Waals surface area contributed by atoms with Crippen LogP contribution >= 0.6 is 11.3 Å². The minimum absolute atomic E-state index is 0.0806. The lowest BCUT2D eigenvalue weighted by molar-refractivity contribution is -0.117. The number of rotatable bonds is 9. The number of piperazine rings is 1. The molecule has 1 aliphatic rings. The summed E-state index contributed by atoms with van der Waals surface area (Å²) in [5, 5.41) is 3.29. The Morgan fingerprint density at radius 2 is 1.68 bits per heavy atom. The van der Waals surface area contributed by atoms with Crippen molar-refractivity contribution in [2.24, 2.45) is 0 Å². The van der Waals surface area contributed by atoms with E-state index in [-0.39, 0.29) is 37.0 Å². The summed E-state index contributed by atoms with van der Waals surface area (Å²) in [6, 6.07) is 17.6. The minimum Gasteiger partial charge on any atom is -0.497 e. The highest BCUT2D eigenvalue weighted by Crippen LogP contribution is 2.36. The van der Waals surface area contributed by atoms with Gasteiger partial charge in [0.1, 0.15) is 10.8 Å². The second kappa shape index (κ2) is 11.9. The molecule has 0 aliphatic carbocycles. The maximum atomic E-state index is 13.0. The third-order valence-corrected chi connectivity index (χ3v) is 8.95. The topological polar surface area (TPSA) is 105 Å². The maximum absolute atomic E-state index is 13.0. The molecule has 0 unspecified atom stereocenters. The lowest BCUT2D eigenvalue weighted by Crippen LogP contribution is -2.50. The Labute approximate surface area is 220 Å². The van der Waals surface area contributed by atoms with Gasteiger partial charge in [-0.15, -0.1) is 11.3 Å². The zero-order valence-electron chi connectivity index (χ0n) is 20.7. The Balaban J connectivity index is 1.38. The Kier molecular flexibility index (Phi) is 8.59. The number of hydrogen-bond donors (Lipinski definition) is 1. The molecular formula is C26H29N3O6S2. The number of carbonyl (C=O) groups is 2. The molecule has 1 N–H and O–H groups in total. The predicted octanol–water partition coefficient (Wildman–Crippen LogP) is 3.55. The van der Waals surface area contributed by atoms with Crippen LogP contribution in [0, 0.1) is 0 Å². The van der Waals surface area contributed by atoms with Crippen molar-refractivity contribution < 1.29 is 27.5 Å². The van der Waals surface area contributed by atoms with Crippen molar-refractivity contribution in [3.8, 4) is 16.2 Å². The van der Waals surface area contributed by atoms with Crippen molar-refractivity contribution in [2.75, 3.05) is 51.8 Å². The number of sulfonamides is 1. The fraction of sp³-hybridized carbons (Fsp3) is 0.308. The first-order chi connectivity index (χ1) is 17.8. The van der Waals surface area contributed by atoms with Crippen LogP contribution in [0.15, 0.2) is 65.6 Å². The van der Waals surface area contributed by atoms with Crippen LogP contribution < -0.4 is 10.1 Å². The van der Waals surface area contributed by atoms with Crippen molar-refractivity contribution in [1.82, 2.24) is 9.21 Å². The maximum Gasteiger partial charge on any atom is 0.341 e. The van der Waals surface area contributed by atoms with Crippen molar-refractivity contribution >= 4 is 38.2 Å². The van der Waals surface area contributed by atoms with Crippen LogP contribution in [-0.2, 0) is 19.6 Å². The van der Waals surface area contributed by atoms with Gasteiger partial charge in [-0.2, -0.15) is 4.31 Å². The van der Waals surface area contributed by atoms with Gasteiger partial charge in [0, 0.05) is 31.1 Å². The summed E-state index contributed by atoms with van der Waals surface area (Å²) in [5.41, 5.74) is 1.25. The van der Waals surface area contributed by atoms with Gasteiger partial charge in [-0.1, -0.05) is 30.3 Å². The molecule has 196 valence electrons. The number of benzene rings is 2. The monoisotopic (exact) mass is 543 g/mol. The second-order valence-corrected chi connectivity index (χ2v) is 11.3. The molecule has 1 saturated heterocycles. The van der Waals surface area contributed by atoms with Crippen molar-refractivity contribution in [1.29, 1.82) is 0 Å². The van der Waals surface area contributed by atoms with Gasteiger partial charge in [0.25, 0.3) is 0 Å². The molecule has 2 heterocycles. The Hall–Kier alpha value is -3.25. The van der Waals surface area contributed by atoms with Crippen molar-refractivity contribution in [3.63, 3.8) is 0 Å². The second-order valence-electron chi connectivity index (χ2n) is 8.34. The SMILES string of the molecule is CCOC(=O)c1cc(-c2ccccc2)sc1NC(=O)CN1CCN(S(=O)(=O)c2ccc(OC)cc2)CC1. The smallest absolute Gasteiger partial charge is 0.341 e. The van der Waals surface area contributed by atoms with Gasteiger partial charge in [0.05, 0.1) is 30.7 Å². The van der Waals surface area contributed by atoms with E-state index < -0.39 is 16.0 Å². The molecule has 3 aromatic rings. The molecule has 0 saturated carbocycles. The fourth-order valence-corrected chi connectivity index (χ4v) is 6.47. The summed E-state index contributed by atoms with van der Waals surface area (Å²) in [6.45, 7) is 3.40. The van der Waals surface area contributed by atoms with Gasteiger partial charge < -0.3 is 14.8 Å². The molecule has 0 bridgehead atoms. The van der Waals surface area contributed by atoms with E-state index in [9.17, 15) is 18.0 Å². The molecule has 9 nitrogen and oxygen atoms in total. The third kappa shape index (κ3) is 6.37. The van der Waals surface area contributed by atoms with Crippen LogP contribution in [0.2, 0.25) is 0 Å². The highest BCUT2D eigenvalue weighted by molar-refractivity contribution is 7.89. The van der Waals surface area contributed by atoms with Crippen LogP contribution in [0.4, 0.5) is 5.00 Å². The molecule has 1 amide bonds. The van der Waals surface area contributed by atoms with E-state index in [4.69, 9.17) is 9.47 Å². The number of ether oxygens (including phenoxy) is 2. The number of nitrogens with one attached hydrogen (secondary N) is 1. The summed E-state index contributed by atoms with van der Waals surface area (Å²) in [5.74, 6) is -0.186. The van der Waals surface area contributed by atoms with E-state index in [1.807, 2.05) is 35.2 Å². The molecule has 37 heavy (non-hydrogen) atoms. The largest absolute Gasteiger partial charge is 0.497 e. The molecule has 0 atom stereocenters. The number of methoxy groups -OCH3 is 1. The molecule has 4 rings (SSSR count). The van der Waals surface area contributed by atoms with Gasteiger partial charge in [-0.3, -0.25) is 9.69 Å². The summed E-state index contributed by atoms with van der Waals surface area (Å²) < 4.78 is 37.7. The number of anilines is 1. The zero-order valence-corrected chi connectivity index (χ0v) is 22.3. The van der Waals surface area contributed by atoms with Crippen LogP contribution in [0.3, 0.4) is 0 Å². The van der Waals surface area contributed by atoms with Gasteiger partial charge in [0.2, 0.25) is 15.9 Å². The molecule has 2 aromatic carbocycles. The number of nitrogens with zero attached hydrogens (tertiary/aromatic N) is 2. The first kappa shape index (κ1) is 26.8. The molecule has 11 heteroatoms. The number of thiophene rings is 1. The Morgan fingerprint density at radius 3 is 2.30 bits per heavy atom. The minimum atomic E-state index is -3.63. The van der Waals surface area contributed by atoms with Crippen LogP contribution in [0.5, 0.6) is 5.75 Å². The summed E-state index contributed by atoms with van der Waals surface area (Å²) in [7, 11) is -2.11. The highest BCUT2D eigenvalue weighted by atomic mass is 32.2. The summed E-state index contributed by atoms with van der Waals surface area (Å²) in [6.07, 6.45) is 0. The van der Waals surface area contributed by atoms with Crippen LogP contribution in [0.25, 0.3) is 10.4 Å². The van der Waals surface area contributed by atoms with Gasteiger partial charge in [0.15, 0.2) is 0 Å². The van der Waals surface area contributed by atoms with E-state index >= 15 is 0 Å². The normalized spacial score (nSPS) is 14.8. The Morgan fingerprint density at radius 1 is 1.00 bits per heavy atom. The fourth-order valence-electron chi connectivity index (χ4n) is 3.98. The van der Waals surface area contributed by atoms with E-state index in [2.05, 4.69) is 5.32 Å². The van der Waals surface area contributed by atoms with Crippen LogP contribution in [-0.4, -0.2) is 75.9 Å².